The molecule has 2 rings (SSSR count). The summed E-state index contributed by atoms with van der Waals surface area (Å²) in [6, 6.07) is 14.3. The zero-order valence-electron chi connectivity index (χ0n) is 12.7. The fraction of sp³-hybridized carbons (Fsp3) is 0.389. The molecule has 0 aliphatic carbocycles. The fourth-order valence-electron chi connectivity index (χ4n) is 2.27. The van der Waals surface area contributed by atoms with Gasteiger partial charge in [0.1, 0.15) is 5.75 Å². The van der Waals surface area contributed by atoms with Crippen molar-refractivity contribution < 1.29 is 4.74 Å². The number of nitrogens with two attached hydrogens (primary N) is 1. The van der Waals surface area contributed by atoms with Crippen molar-refractivity contribution in [3.05, 3.63) is 59.9 Å². The van der Waals surface area contributed by atoms with E-state index in [1.165, 1.54) is 5.56 Å². The Hall–Kier alpha value is -1.87. The number of aromatic nitrogens is 1. The first-order valence-electron chi connectivity index (χ1n) is 7.66. The first kappa shape index (κ1) is 15.5. The van der Waals surface area contributed by atoms with Crippen LogP contribution in [-0.2, 0) is 6.42 Å². The first-order valence-corrected chi connectivity index (χ1v) is 7.66. The molecule has 1 aromatic carbocycles. The Morgan fingerprint density at radius 1 is 1.14 bits per heavy atom. The van der Waals surface area contributed by atoms with E-state index in [-0.39, 0.29) is 5.92 Å². The topological polar surface area (TPSA) is 48.1 Å². The van der Waals surface area contributed by atoms with Gasteiger partial charge in [-0.3, -0.25) is 4.98 Å². The predicted molar refractivity (Wildman–Crippen MR) is 86.6 cm³/mol. The van der Waals surface area contributed by atoms with Gasteiger partial charge in [-0.1, -0.05) is 31.5 Å². The molecule has 0 amide bonds. The molecule has 3 nitrogen and oxygen atoms in total. The van der Waals surface area contributed by atoms with Crippen LogP contribution in [0.2, 0.25) is 0 Å². The van der Waals surface area contributed by atoms with Crippen LogP contribution in [0.15, 0.2) is 48.7 Å². The van der Waals surface area contributed by atoms with Crippen molar-refractivity contribution in [1.29, 1.82) is 0 Å². The van der Waals surface area contributed by atoms with Crippen molar-refractivity contribution in [1.82, 2.24) is 4.98 Å². The molecule has 2 aromatic rings. The second kappa shape index (κ2) is 8.42. The van der Waals surface area contributed by atoms with E-state index in [4.69, 9.17) is 10.5 Å². The highest BCUT2D eigenvalue weighted by Gasteiger charge is 2.11. The van der Waals surface area contributed by atoms with E-state index < -0.39 is 0 Å². The van der Waals surface area contributed by atoms with Crippen molar-refractivity contribution in [2.24, 2.45) is 5.73 Å². The molecule has 0 spiro atoms. The second-order valence-electron chi connectivity index (χ2n) is 5.24. The molecule has 0 bridgehead atoms. The lowest BCUT2D eigenvalue weighted by atomic mass is 9.96. The quantitative estimate of drug-likeness (QED) is 0.754. The van der Waals surface area contributed by atoms with Crippen LogP contribution in [-0.4, -0.2) is 18.1 Å². The van der Waals surface area contributed by atoms with Crippen LogP contribution >= 0.6 is 0 Å². The van der Waals surface area contributed by atoms with Gasteiger partial charge < -0.3 is 10.5 Å². The molecular weight excluding hydrogens is 260 g/mol. The van der Waals surface area contributed by atoms with Gasteiger partial charge in [-0.25, -0.2) is 0 Å². The van der Waals surface area contributed by atoms with Crippen molar-refractivity contribution in [3.8, 4) is 5.75 Å². The Morgan fingerprint density at radius 3 is 2.57 bits per heavy atom. The maximum Gasteiger partial charge on any atom is 0.119 e. The molecule has 0 aliphatic rings. The van der Waals surface area contributed by atoms with Gasteiger partial charge in [0, 0.05) is 24.4 Å². The van der Waals surface area contributed by atoms with E-state index in [1.54, 1.807) is 0 Å². The van der Waals surface area contributed by atoms with Crippen molar-refractivity contribution in [3.63, 3.8) is 0 Å². The average Bonchev–Trinajstić information content (AvgIpc) is 2.55. The molecule has 1 unspecified atom stereocenters. The number of unbranched alkanes of at least 4 members (excludes halogenated alkanes) is 1. The molecule has 0 fully saturated rings. The fourth-order valence-corrected chi connectivity index (χ4v) is 2.27. The zero-order valence-corrected chi connectivity index (χ0v) is 12.7. The third-order valence-corrected chi connectivity index (χ3v) is 3.56. The third-order valence-electron chi connectivity index (χ3n) is 3.56. The molecule has 0 saturated heterocycles. The van der Waals surface area contributed by atoms with Crippen molar-refractivity contribution in [2.45, 2.75) is 32.1 Å². The van der Waals surface area contributed by atoms with Crippen LogP contribution in [0.4, 0.5) is 0 Å². The monoisotopic (exact) mass is 284 g/mol. The summed E-state index contributed by atoms with van der Waals surface area (Å²) in [5, 5.41) is 0. The van der Waals surface area contributed by atoms with Crippen LogP contribution in [0.3, 0.4) is 0 Å². The largest absolute Gasteiger partial charge is 0.494 e. The molecule has 1 atom stereocenters. The minimum Gasteiger partial charge on any atom is -0.494 e. The minimum absolute atomic E-state index is 0.262. The molecule has 1 aromatic heterocycles. The van der Waals surface area contributed by atoms with Gasteiger partial charge in [-0.05, 0) is 42.7 Å². The molecule has 2 N–H and O–H groups in total. The third kappa shape index (κ3) is 4.87. The first-order chi connectivity index (χ1) is 10.3. The van der Waals surface area contributed by atoms with Crippen LogP contribution < -0.4 is 10.5 Å². The summed E-state index contributed by atoms with van der Waals surface area (Å²) in [6.07, 6.45) is 4.97. The van der Waals surface area contributed by atoms with Crippen LogP contribution in [0, 0.1) is 0 Å². The second-order valence-corrected chi connectivity index (χ2v) is 5.24. The van der Waals surface area contributed by atoms with Crippen molar-refractivity contribution >= 4 is 0 Å². The number of nitrogens with zero attached hydrogens (tertiary/aromatic N) is 1. The van der Waals surface area contributed by atoms with Crippen LogP contribution in [0.5, 0.6) is 5.75 Å². The molecule has 0 saturated carbocycles. The van der Waals surface area contributed by atoms with Gasteiger partial charge in [-0.15, -0.1) is 0 Å². The highest BCUT2D eigenvalue weighted by Crippen LogP contribution is 2.20. The summed E-state index contributed by atoms with van der Waals surface area (Å²) >= 11 is 0. The number of pyridine rings is 1. The van der Waals surface area contributed by atoms with Gasteiger partial charge in [-0.2, -0.15) is 0 Å². The summed E-state index contributed by atoms with van der Waals surface area (Å²) < 4.78 is 5.68. The predicted octanol–water partition coefficient (Wildman–Crippen LogP) is 3.55. The number of ether oxygens (including phenoxy) is 1. The highest BCUT2D eigenvalue weighted by molar-refractivity contribution is 5.28. The summed E-state index contributed by atoms with van der Waals surface area (Å²) in [4.78, 5) is 4.41. The summed E-state index contributed by atoms with van der Waals surface area (Å²) in [5.74, 6) is 1.20. The summed E-state index contributed by atoms with van der Waals surface area (Å²) in [7, 11) is 0. The van der Waals surface area contributed by atoms with E-state index in [9.17, 15) is 0 Å². The van der Waals surface area contributed by atoms with E-state index in [0.29, 0.717) is 6.54 Å². The minimum atomic E-state index is 0.262. The standard InChI is InChI=1S/C18H24N2O/c1-2-3-12-21-17-9-7-15(8-10-17)13-16(14-19)18-6-4-5-11-20-18/h4-11,16H,2-3,12-14,19H2,1H3. The smallest absolute Gasteiger partial charge is 0.119 e. The normalized spacial score (nSPS) is 12.1. The Balaban J connectivity index is 1.95. The number of rotatable bonds is 8. The lowest BCUT2D eigenvalue weighted by Crippen LogP contribution is -2.16. The molecule has 21 heavy (non-hydrogen) atoms. The van der Waals surface area contributed by atoms with Gasteiger partial charge in [0.25, 0.3) is 0 Å². The molecular formula is C18H24N2O. The van der Waals surface area contributed by atoms with E-state index in [1.807, 2.05) is 36.5 Å². The van der Waals surface area contributed by atoms with Crippen molar-refractivity contribution in [2.75, 3.05) is 13.2 Å². The Bertz CT molecular complexity index is 511. The van der Waals surface area contributed by atoms with Gasteiger partial charge in [0.05, 0.1) is 6.61 Å². The van der Waals surface area contributed by atoms with Gasteiger partial charge >= 0.3 is 0 Å². The maximum atomic E-state index is 5.90. The van der Waals surface area contributed by atoms with Gasteiger partial charge in [0.2, 0.25) is 0 Å². The lowest BCUT2D eigenvalue weighted by Gasteiger charge is -2.14. The number of hydrogen-bond donors (Lipinski definition) is 1. The van der Waals surface area contributed by atoms with E-state index in [2.05, 4.69) is 24.0 Å². The van der Waals surface area contributed by atoms with E-state index >= 15 is 0 Å². The molecule has 3 heteroatoms. The Kier molecular flexibility index (Phi) is 6.22. The molecule has 0 radical (unpaired) electrons. The van der Waals surface area contributed by atoms with Crippen LogP contribution in [0.1, 0.15) is 36.9 Å². The van der Waals surface area contributed by atoms with E-state index in [0.717, 1.165) is 37.3 Å². The zero-order chi connectivity index (χ0) is 14.9. The maximum absolute atomic E-state index is 5.90. The molecule has 1 heterocycles. The molecule has 0 aliphatic heterocycles. The molecule has 112 valence electrons. The van der Waals surface area contributed by atoms with Crippen LogP contribution in [0.25, 0.3) is 0 Å². The Morgan fingerprint density at radius 2 is 1.95 bits per heavy atom. The summed E-state index contributed by atoms with van der Waals surface area (Å²) in [6.45, 7) is 3.55. The van der Waals surface area contributed by atoms with Gasteiger partial charge in [0.15, 0.2) is 0 Å². The SMILES string of the molecule is CCCCOc1ccc(CC(CN)c2ccccn2)cc1. The lowest BCUT2D eigenvalue weighted by molar-refractivity contribution is 0.309. The Labute approximate surface area is 127 Å². The average molecular weight is 284 g/mol. The summed E-state index contributed by atoms with van der Waals surface area (Å²) in [5.41, 5.74) is 8.22. The number of benzene rings is 1. The highest BCUT2D eigenvalue weighted by atomic mass is 16.5. The number of hydrogen-bond acceptors (Lipinski definition) is 3.